The zero-order valence-electron chi connectivity index (χ0n) is 20.4. The number of carbonyl (C=O) groups is 1. The van der Waals surface area contributed by atoms with Crippen LogP contribution in [0.1, 0.15) is 16.1 Å². The third kappa shape index (κ3) is 7.08. The standard InChI is InChI=1S/C29H21ClFN5O2S/c30-24-14-22(9-10-26(24)38-17-19-5-3-6-20(31)13-19)36-29-28-25(34-18-35-29)16-23(39-28)8-4-12-33-27(37)15-21-7-1-2-11-32-21/h1-3,5-7,9-11,13-14,16,18H,12,15,17H2,(H,33,37)(H,34,35,36). The van der Waals surface area contributed by atoms with Crippen LogP contribution in [0.3, 0.4) is 0 Å². The summed E-state index contributed by atoms with van der Waals surface area (Å²) in [5.41, 5.74) is 2.88. The number of benzene rings is 2. The molecular formula is C29H21ClFN5O2S. The number of aromatic nitrogens is 3. The molecule has 3 heterocycles. The zero-order chi connectivity index (χ0) is 27.0. The molecule has 0 bridgehead atoms. The number of pyridine rings is 1. The van der Waals surface area contributed by atoms with E-state index in [-0.39, 0.29) is 31.3 Å². The molecule has 1 amide bonds. The first-order valence-electron chi connectivity index (χ1n) is 11.9. The van der Waals surface area contributed by atoms with E-state index in [4.69, 9.17) is 16.3 Å². The van der Waals surface area contributed by atoms with Gasteiger partial charge in [-0.1, -0.05) is 41.6 Å². The van der Waals surface area contributed by atoms with Gasteiger partial charge in [0.1, 0.15) is 24.5 Å². The van der Waals surface area contributed by atoms with E-state index in [1.807, 2.05) is 24.3 Å². The number of ether oxygens (including phenoxy) is 1. The van der Waals surface area contributed by atoms with Crippen LogP contribution in [-0.2, 0) is 17.8 Å². The van der Waals surface area contributed by atoms with Crippen molar-refractivity contribution in [2.24, 2.45) is 0 Å². The van der Waals surface area contributed by atoms with Crippen molar-refractivity contribution in [3.63, 3.8) is 0 Å². The van der Waals surface area contributed by atoms with Gasteiger partial charge in [-0.15, -0.1) is 11.3 Å². The average Bonchev–Trinajstić information content (AvgIpc) is 3.35. The van der Waals surface area contributed by atoms with Crippen LogP contribution in [0.25, 0.3) is 10.2 Å². The molecule has 0 saturated carbocycles. The Labute approximate surface area is 233 Å². The van der Waals surface area contributed by atoms with Crippen LogP contribution >= 0.6 is 22.9 Å². The Kier molecular flexibility index (Phi) is 8.26. The molecule has 3 aromatic heterocycles. The molecule has 2 N–H and O–H groups in total. The van der Waals surface area contributed by atoms with Gasteiger partial charge < -0.3 is 15.4 Å². The van der Waals surface area contributed by atoms with Gasteiger partial charge in [-0.2, -0.15) is 0 Å². The Bertz CT molecular complexity index is 1680. The summed E-state index contributed by atoms with van der Waals surface area (Å²) < 4.78 is 20.0. The molecule has 0 unspecified atom stereocenters. The zero-order valence-corrected chi connectivity index (χ0v) is 22.0. The van der Waals surface area contributed by atoms with Crippen LogP contribution in [0.15, 0.2) is 79.3 Å². The second kappa shape index (κ2) is 12.3. The van der Waals surface area contributed by atoms with Crippen LogP contribution in [0.2, 0.25) is 5.02 Å². The summed E-state index contributed by atoms with van der Waals surface area (Å²) in [6.07, 6.45) is 3.34. The maximum atomic E-state index is 13.4. The molecule has 5 rings (SSSR count). The molecule has 0 spiro atoms. The monoisotopic (exact) mass is 557 g/mol. The molecular weight excluding hydrogens is 537 g/mol. The lowest BCUT2D eigenvalue weighted by atomic mass is 10.2. The predicted octanol–water partition coefficient (Wildman–Crippen LogP) is 5.91. The fourth-order valence-corrected chi connectivity index (χ4v) is 4.79. The number of hydrogen-bond acceptors (Lipinski definition) is 7. The van der Waals surface area contributed by atoms with E-state index in [1.165, 1.54) is 29.8 Å². The van der Waals surface area contributed by atoms with Crippen LogP contribution in [-0.4, -0.2) is 27.4 Å². The minimum Gasteiger partial charge on any atom is -0.487 e. The lowest BCUT2D eigenvalue weighted by molar-refractivity contribution is -0.120. The summed E-state index contributed by atoms with van der Waals surface area (Å²) in [7, 11) is 0. The number of nitrogens with one attached hydrogen (secondary N) is 2. The normalized spacial score (nSPS) is 10.5. The van der Waals surface area contributed by atoms with Gasteiger partial charge in [-0.3, -0.25) is 9.78 Å². The number of carbonyl (C=O) groups excluding carboxylic acids is 1. The molecule has 5 aromatic rings. The molecule has 0 atom stereocenters. The van der Waals surface area contributed by atoms with Gasteiger partial charge in [-0.05, 0) is 54.1 Å². The lowest BCUT2D eigenvalue weighted by Gasteiger charge is -2.11. The molecule has 194 valence electrons. The summed E-state index contributed by atoms with van der Waals surface area (Å²) in [6.45, 7) is 0.423. The summed E-state index contributed by atoms with van der Waals surface area (Å²) in [5.74, 6) is 6.70. The van der Waals surface area contributed by atoms with Gasteiger partial charge in [0.25, 0.3) is 0 Å². The van der Waals surface area contributed by atoms with Gasteiger partial charge in [0.05, 0.1) is 33.1 Å². The Morgan fingerprint density at radius 3 is 2.79 bits per heavy atom. The molecule has 0 aliphatic heterocycles. The molecule has 0 saturated heterocycles. The van der Waals surface area contributed by atoms with Crippen LogP contribution < -0.4 is 15.4 Å². The number of thiophene rings is 1. The van der Waals surface area contributed by atoms with E-state index in [9.17, 15) is 9.18 Å². The van der Waals surface area contributed by atoms with Gasteiger partial charge in [0.15, 0.2) is 5.82 Å². The topological polar surface area (TPSA) is 89.0 Å². The number of nitrogens with zero attached hydrogens (tertiary/aromatic N) is 3. The number of anilines is 2. The summed E-state index contributed by atoms with van der Waals surface area (Å²) in [6, 6.07) is 18.9. The molecule has 0 fully saturated rings. The van der Waals surface area contributed by atoms with E-state index in [0.717, 1.165) is 20.8 Å². The largest absolute Gasteiger partial charge is 0.487 e. The molecule has 7 nitrogen and oxygen atoms in total. The summed E-state index contributed by atoms with van der Waals surface area (Å²) in [4.78, 5) is 25.7. The van der Waals surface area contributed by atoms with Crippen LogP contribution in [0.4, 0.5) is 15.9 Å². The summed E-state index contributed by atoms with van der Waals surface area (Å²) >= 11 is 7.88. The lowest BCUT2D eigenvalue weighted by Crippen LogP contribution is -2.25. The molecule has 2 aromatic carbocycles. The Balaban J connectivity index is 1.21. The molecule has 0 aliphatic carbocycles. The molecule has 39 heavy (non-hydrogen) atoms. The summed E-state index contributed by atoms with van der Waals surface area (Å²) in [5, 5.41) is 6.46. The smallest absolute Gasteiger partial charge is 0.226 e. The second-order valence-electron chi connectivity index (χ2n) is 8.31. The number of amides is 1. The number of halogens is 2. The first-order valence-corrected chi connectivity index (χ1v) is 13.1. The van der Waals surface area contributed by atoms with Gasteiger partial charge in [0.2, 0.25) is 5.91 Å². The quantitative estimate of drug-likeness (QED) is 0.231. The number of fused-ring (bicyclic) bond motifs is 1. The van der Waals surface area contributed by atoms with Crippen molar-refractivity contribution in [1.29, 1.82) is 0 Å². The van der Waals surface area contributed by atoms with Gasteiger partial charge in [0, 0.05) is 17.6 Å². The van der Waals surface area contributed by atoms with E-state index >= 15 is 0 Å². The van der Waals surface area contributed by atoms with Crippen LogP contribution in [0, 0.1) is 17.7 Å². The van der Waals surface area contributed by atoms with E-state index in [1.54, 1.807) is 36.5 Å². The minimum absolute atomic E-state index is 0.138. The number of rotatable bonds is 8. The van der Waals surface area contributed by atoms with E-state index < -0.39 is 0 Å². The van der Waals surface area contributed by atoms with E-state index in [0.29, 0.717) is 27.8 Å². The van der Waals surface area contributed by atoms with Crippen molar-refractivity contribution in [1.82, 2.24) is 20.3 Å². The molecule has 10 heteroatoms. The van der Waals surface area contributed by atoms with Crippen molar-refractivity contribution < 1.29 is 13.9 Å². The first kappa shape index (κ1) is 26.1. The van der Waals surface area contributed by atoms with E-state index in [2.05, 4.69) is 37.4 Å². The van der Waals surface area contributed by atoms with Crippen molar-refractivity contribution in [2.75, 3.05) is 11.9 Å². The highest BCUT2D eigenvalue weighted by Gasteiger charge is 2.10. The Hall–Kier alpha value is -4.52. The van der Waals surface area contributed by atoms with Crippen molar-refractivity contribution in [2.45, 2.75) is 13.0 Å². The Morgan fingerprint density at radius 2 is 1.97 bits per heavy atom. The third-order valence-electron chi connectivity index (χ3n) is 5.44. The highest BCUT2D eigenvalue weighted by molar-refractivity contribution is 7.20. The maximum Gasteiger partial charge on any atom is 0.226 e. The first-order chi connectivity index (χ1) is 19.0. The SMILES string of the molecule is O=C(Cc1ccccn1)NCC#Cc1cc2ncnc(Nc3ccc(OCc4cccc(F)c4)c(Cl)c3)c2s1. The highest BCUT2D eigenvalue weighted by atomic mass is 35.5. The molecule has 0 radical (unpaired) electrons. The minimum atomic E-state index is -0.316. The Morgan fingerprint density at radius 1 is 1.05 bits per heavy atom. The fourth-order valence-electron chi connectivity index (χ4n) is 3.63. The maximum absolute atomic E-state index is 13.4. The highest BCUT2D eigenvalue weighted by Crippen LogP contribution is 2.33. The number of hydrogen-bond donors (Lipinski definition) is 2. The van der Waals surface area contributed by atoms with Gasteiger partial charge >= 0.3 is 0 Å². The molecule has 0 aliphatic rings. The van der Waals surface area contributed by atoms with Crippen molar-refractivity contribution in [3.05, 3.63) is 106 Å². The van der Waals surface area contributed by atoms with Crippen molar-refractivity contribution in [3.8, 4) is 17.6 Å². The fraction of sp³-hybridized carbons (Fsp3) is 0.103. The predicted molar refractivity (Wildman–Crippen MR) is 151 cm³/mol. The van der Waals surface area contributed by atoms with Gasteiger partial charge in [-0.25, -0.2) is 14.4 Å². The average molecular weight is 558 g/mol. The van der Waals surface area contributed by atoms with Crippen LogP contribution in [0.5, 0.6) is 5.75 Å². The second-order valence-corrected chi connectivity index (χ2v) is 9.77. The third-order valence-corrected chi connectivity index (χ3v) is 6.78. The van der Waals surface area contributed by atoms with Crippen molar-refractivity contribution >= 4 is 50.6 Å².